The number of hydrogen-bond donors (Lipinski definition) is 2. The van der Waals surface area contributed by atoms with Gasteiger partial charge in [0.1, 0.15) is 11.4 Å². The molecule has 7 nitrogen and oxygen atoms in total. The average molecular weight is 349 g/mol. The third-order valence-electron chi connectivity index (χ3n) is 4.18. The number of aromatic amines is 1. The van der Waals surface area contributed by atoms with E-state index in [9.17, 15) is 4.79 Å². The van der Waals surface area contributed by atoms with E-state index in [4.69, 9.17) is 14.3 Å². The third kappa shape index (κ3) is 2.79. The number of aromatic nitrogens is 3. The Hall–Kier alpha value is -3.61. The van der Waals surface area contributed by atoms with Crippen LogP contribution in [0, 0.1) is 0 Å². The van der Waals surface area contributed by atoms with Gasteiger partial charge in [0.25, 0.3) is 0 Å². The molecule has 0 amide bonds. The maximum atomic E-state index is 11.2. The molecule has 4 rings (SSSR count). The van der Waals surface area contributed by atoms with Crippen LogP contribution < -0.4 is 4.74 Å². The van der Waals surface area contributed by atoms with Gasteiger partial charge in [-0.2, -0.15) is 0 Å². The van der Waals surface area contributed by atoms with Crippen LogP contribution in [0.15, 0.2) is 53.4 Å². The lowest BCUT2D eigenvalue weighted by molar-refractivity contribution is 0.0690. The fraction of sp³-hybridized carbons (Fsp3) is 0.105. The number of fused-ring (bicyclic) bond motifs is 1. The first-order chi connectivity index (χ1) is 12.7. The zero-order valence-electron chi connectivity index (χ0n) is 13.9. The van der Waals surface area contributed by atoms with Crippen LogP contribution in [-0.4, -0.2) is 33.1 Å². The Bertz CT molecular complexity index is 1080. The summed E-state index contributed by atoms with van der Waals surface area (Å²) in [5.41, 5.74) is 3.30. The minimum absolute atomic E-state index is 0.0187. The van der Waals surface area contributed by atoms with Crippen molar-refractivity contribution in [1.82, 2.24) is 15.0 Å². The van der Waals surface area contributed by atoms with Crippen LogP contribution >= 0.6 is 0 Å². The second-order valence-electron chi connectivity index (χ2n) is 5.75. The molecule has 0 aliphatic heterocycles. The van der Waals surface area contributed by atoms with Crippen molar-refractivity contribution in [3.63, 3.8) is 0 Å². The maximum absolute atomic E-state index is 11.2. The normalized spacial score (nSPS) is 11.0. The van der Waals surface area contributed by atoms with E-state index in [0.717, 1.165) is 27.9 Å². The molecule has 2 N–H and O–H groups in total. The number of methoxy groups -OCH3 is 1. The summed E-state index contributed by atoms with van der Waals surface area (Å²) >= 11 is 0. The van der Waals surface area contributed by atoms with Gasteiger partial charge in [0.05, 0.1) is 19.0 Å². The number of carbonyl (C=O) groups is 1. The minimum atomic E-state index is -1.05. The van der Waals surface area contributed by atoms with Crippen molar-refractivity contribution in [1.29, 1.82) is 0 Å². The molecule has 1 aromatic carbocycles. The Morgan fingerprint density at radius 3 is 2.92 bits per heavy atom. The molecule has 3 aromatic heterocycles. The van der Waals surface area contributed by atoms with E-state index >= 15 is 0 Å². The predicted octanol–water partition coefficient (Wildman–Crippen LogP) is 3.52. The van der Waals surface area contributed by atoms with E-state index in [1.54, 1.807) is 25.4 Å². The van der Waals surface area contributed by atoms with E-state index in [1.165, 1.54) is 12.5 Å². The number of H-pyrrole nitrogens is 1. The zero-order valence-corrected chi connectivity index (χ0v) is 13.9. The van der Waals surface area contributed by atoms with Crippen molar-refractivity contribution >= 4 is 16.9 Å². The Kier molecular flexibility index (Phi) is 3.89. The topological polar surface area (TPSA) is 101 Å². The fourth-order valence-electron chi connectivity index (χ4n) is 2.97. The van der Waals surface area contributed by atoms with Gasteiger partial charge >= 0.3 is 5.97 Å². The van der Waals surface area contributed by atoms with Crippen molar-refractivity contribution in [3.8, 4) is 17.2 Å². The number of ether oxygens (including phenoxy) is 1. The molecule has 0 bridgehead atoms. The summed E-state index contributed by atoms with van der Waals surface area (Å²) in [6.45, 7) is 0. The van der Waals surface area contributed by atoms with Gasteiger partial charge in [-0.05, 0) is 29.8 Å². The van der Waals surface area contributed by atoms with Gasteiger partial charge in [-0.15, -0.1) is 0 Å². The lowest BCUT2D eigenvalue weighted by Gasteiger charge is -2.04. The molecule has 7 heteroatoms. The summed E-state index contributed by atoms with van der Waals surface area (Å²) in [5.74, 6) is 0.288. The van der Waals surface area contributed by atoms with Gasteiger partial charge < -0.3 is 19.2 Å². The van der Waals surface area contributed by atoms with Crippen LogP contribution in [-0.2, 0) is 6.42 Å². The first-order valence-electron chi connectivity index (χ1n) is 7.92. The van der Waals surface area contributed by atoms with Crippen molar-refractivity contribution in [2.45, 2.75) is 6.42 Å². The van der Waals surface area contributed by atoms with E-state index in [0.29, 0.717) is 17.9 Å². The molecule has 3 heterocycles. The molecule has 0 aliphatic carbocycles. The highest BCUT2D eigenvalue weighted by atomic mass is 16.5. The summed E-state index contributed by atoms with van der Waals surface area (Å²) in [4.78, 5) is 22.7. The summed E-state index contributed by atoms with van der Waals surface area (Å²) in [5, 5.41) is 10.1. The van der Waals surface area contributed by atoms with Crippen LogP contribution in [0.5, 0.6) is 5.75 Å². The largest absolute Gasteiger partial charge is 0.497 e. The fourth-order valence-corrected chi connectivity index (χ4v) is 2.97. The number of aromatic carboxylic acids is 1. The number of oxazole rings is 1. The lowest BCUT2D eigenvalue weighted by atomic mass is 10.0. The first-order valence-corrected chi connectivity index (χ1v) is 7.92. The van der Waals surface area contributed by atoms with Gasteiger partial charge in [0, 0.05) is 29.1 Å². The first kappa shape index (κ1) is 15.9. The van der Waals surface area contributed by atoms with Gasteiger partial charge in [0.15, 0.2) is 12.2 Å². The van der Waals surface area contributed by atoms with E-state index in [1.807, 2.05) is 18.2 Å². The molecule has 0 aliphatic rings. The van der Waals surface area contributed by atoms with Crippen LogP contribution in [0.2, 0.25) is 0 Å². The number of carboxylic acid groups (broad SMARTS) is 1. The van der Waals surface area contributed by atoms with E-state index in [2.05, 4.69) is 15.0 Å². The predicted molar refractivity (Wildman–Crippen MR) is 94.4 cm³/mol. The Morgan fingerprint density at radius 1 is 1.31 bits per heavy atom. The average Bonchev–Trinajstić information content (AvgIpc) is 3.29. The summed E-state index contributed by atoms with van der Waals surface area (Å²) in [6.07, 6.45) is 3.45. The molecule has 4 aromatic rings. The Morgan fingerprint density at radius 2 is 2.19 bits per heavy atom. The molecular weight excluding hydrogens is 334 g/mol. The number of pyridine rings is 1. The van der Waals surface area contributed by atoms with Gasteiger partial charge in [-0.3, -0.25) is 0 Å². The number of nitrogens with zero attached hydrogens (tertiary/aromatic N) is 2. The van der Waals surface area contributed by atoms with Gasteiger partial charge in [0.2, 0.25) is 0 Å². The zero-order chi connectivity index (χ0) is 18.1. The Balaban J connectivity index is 1.86. The minimum Gasteiger partial charge on any atom is -0.497 e. The lowest BCUT2D eigenvalue weighted by Crippen LogP contribution is -2.03. The molecule has 130 valence electrons. The quantitative estimate of drug-likeness (QED) is 0.572. The summed E-state index contributed by atoms with van der Waals surface area (Å²) in [6, 6.07) is 10.7. The highest BCUT2D eigenvalue weighted by molar-refractivity contribution is 5.91. The SMILES string of the molecule is COc1ccc2c(Cc3cccc(C(=O)O)n3)c(-c3cnco3)[nH]c2c1. The Labute approximate surface area is 148 Å². The highest BCUT2D eigenvalue weighted by Gasteiger charge is 2.17. The molecule has 0 saturated heterocycles. The highest BCUT2D eigenvalue weighted by Crippen LogP contribution is 2.33. The maximum Gasteiger partial charge on any atom is 0.354 e. The number of rotatable bonds is 5. The van der Waals surface area contributed by atoms with Crippen molar-refractivity contribution in [3.05, 3.63) is 65.9 Å². The number of nitrogens with one attached hydrogen (secondary N) is 1. The molecule has 0 saturated carbocycles. The van der Waals surface area contributed by atoms with Crippen molar-refractivity contribution in [2.75, 3.05) is 7.11 Å². The van der Waals surface area contributed by atoms with E-state index < -0.39 is 5.97 Å². The van der Waals surface area contributed by atoms with Gasteiger partial charge in [-0.1, -0.05) is 6.07 Å². The van der Waals surface area contributed by atoms with Crippen LogP contribution in [0.25, 0.3) is 22.4 Å². The smallest absolute Gasteiger partial charge is 0.354 e. The number of hydrogen-bond acceptors (Lipinski definition) is 5. The molecule has 26 heavy (non-hydrogen) atoms. The second kappa shape index (κ2) is 6.36. The molecule has 0 spiro atoms. The summed E-state index contributed by atoms with van der Waals surface area (Å²) in [7, 11) is 1.61. The third-order valence-corrected chi connectivity index (χ3v) is 4.18. The standard InChI is InChI=1S/C19H15N3O4/c1-25-12-5-6-13-14(7-11-3-2-4-15(21-11)19(23)24)18(22-16(13)8-12)17-9-20-10-26-17/h2-6,8-10,22H,7H2,1H3,(H,23,24). The van der Waals surface area contributed by atoms with Crippen LogP contribution in [0.4, 0.5) is 0 Å². The number of carboxylic acids is 1. The molecule has 0 fully saturated rings. The van der Waals surface area contributed by atoms with Crippen LogP contribution in [0.3, 0.4) is 0 Å². The molecule has 0 atom stereocenters. The molecular formula is C19H15N3O4. The van der Waals surface area contributed by atoms with E-state index in [-0.39, 0.29) is 5.69 Å². The van der Waals surface area contributed by atoms with Crippen molar-refractivity contribution < 1.29 is 19.1 Å². The second-order valence-corrected chi connectivity index (χ2v) is 5.75. The molecule has 0 radical (unpaired) electrons. The molecule has 0 unspecified atom stereocenters. The monoisotopic (exact) mass is 349 g/mol. The van der Waals surface area contributed by atoms with Crippen molar-refractivity contribution in [2.24, 2.45) is 0 Å². The number of benzene rings is 1. The van der Waals surface area contributed by atoms with Crippen LogP contribution in [0.1, 0.15) is 21.7 Å². The van der Waals surface area contributed by atoms with Gasteiger partial charge in [-0.25, -0.2) is 14.8 Å². The summed E-state index contributed by atoms with van der Waals surface area (Å²) < 4.78 is 10.7.